The van der Waals surface area contributed by atoms with E-state index < -0.39 is 0 Å². The van der Waals surface area contributed by atoms with Gasteiger partial charge >= 0.3 is 0 Å². The minimum absolute atomic E-state index is 0.00818. The fourth-order valence-corrected chi connectivity index (χ4v) is 5.43. The van der Waals surface area contributed by atoms with E-state index in [2.05, 4.69) is 42.9 Å². The zero-order valence-corrected chi connectivity index (χ0v) is 24.3. The second-order valence-corrected chi connectivity index (χ2v) is 11.6. The molecule has 1 aliphatic rings. The van der Waals surface area contributed by atoms with E-state index in [4.69, 9.17) is 6.42 Å². The van der Waals surface area contributed by atoms with E-state index in [1.807, 2.05) is 56.9 Å². The molecule has 1 aromatic heterocycles. The van der Waals surface area contributed by atoms with Gasteiger partial charge in [0.1, 0.15) is 5.82 Å². The standard InChI is InChI=1S/C32H37N4O2P/c1-6-23-8-11-26(12-9-23)32(39)14-16-36(17-15-32)31(38)27-19-28(24(7-2)18-22(27)5)35-30(37)25-10-13-29(33-20-25)34-21(3)4/h1,8-13,18-21H,7,14-17,39H2,2-5H3,(H,33,34)(H,35,37). The predicted octanol–water partition coefficient (Wildman–Crippen LogP) is 6.01. The zero-order valence-electron chi connectivity index (χ0n) is 23.2. The van der Waals surface area contributed by atoms with Gasteiger partial charge in [0.15, 0.2) is 0 Å². The molecular weight excluding hydrogens is 503 g/mol. The van der Waals surface area contributed by atoms with Gasteiger partial charge in [-0.05, 0) is 87.1 Å². The Morgan fingerprint density at radius 1 is 1.13 bits per heavy atom. The molecule has 1 unspecified atom stereocenters. The van der Waals surface area contributed by atoms with Gasteiger partial charge in [0.2, 0.25) is 0 Å². The molecule has 1 aliphatic heterocycles. The fourth-order valence-electron chi connectivity index (χ4n) is 4.98. The maximum Gasteiger partial charge on any atom is 0.257 e. The Balaban J connectivity index is 1.49. The molecule has 0 radical (unpaired) electrons. The van der Waals surface area contributed by atoms with E-state index in [1.54, 1.807) is 18.3 Å². The van der Waals surface area contributed by atoms with Crippen molar-refractivity contribution in [3.8, 4) is 12.3 Å². The van der Waals surface area contributed by atoms with Crippen molar-refractivity contribution in [1.29, 1.82) is 0 Å². The number of carbonyl (C=O) groups is 2. The van der Waals surface area contributed by atoms with Crippen molar-refractivity contribution in [1.82, 2.24) is 9.88 Å². The summed E-state index contributed by atoms with van der Waals surface area (Å²) in [5.41, 5.74) is 5.72. The van der Waals surface area contributed by atoms with Gasteiger partial charge in [-0.3, -0.25) is 9.59 Å². The number of nitrogens with one attached hydrogen (secondary N) is 2. The average Bonchev–Trinajstić information content (AvgIpc) is 2.94. The first-order valence-electron chi connectivity index (χ1n) is 13.5. The van der Waals surface area contributed by atoms with Crippen molar-refractivity contribution in [2.75, 3.05) is 23.7 Å². The number of amides is 2. The lowest BCUT2D eigenvalue weighted by Crippen LogP contribution is -2.43. The Hall–Kier alpha value is -3.68. The number of pyridine rings is 1. The van der Waals surface area contributed by atoms with E-state index >= 15 is 0 Å². The number of carbonyl (C=O) groups excluding carboxylic acids is 2. The highest BCUT2D eigenvalue weighted by molar-refractivity contribution is 7.18. The van der Waals surface area contributed by atoms with Crippen LogP contribution in [0.2, 0.25) is 0 Å². The number of anilines is 2. The van der Waals surface area contributed by atoms with Crippen molar-refractivity contribution in [3.63, 3.8) is 0 Å². The molecule has 2 heterocycles. The number of hydrogen-bond donors (Lipinski definition) is 2. The first kappa shape index (κ1) is 28.3. The van der Waals surface area contributed by atoms with Crippen LogP contribution in [0.5, 0.6) is 0 Å². The summed E-state index contributed by atoms with van der Waals surface area (Å²) >= 11 is 0. The minimum Gasteiger partial charge on any atom is -0.368 e. The molecule has 7 heteroatoms. The molecule has 6 nitrogen and oxygen atoms in total. The van der Waals surface area contributed by atoms with E-state index in [0.717, 1.165) is 41.8 Å². The van der Waals surface area contributed by atoms with Crippen LogP contribution in [0.1, 0.15) is 76.6 Å². The first-order chi connectivity index (χ1) is 18.6. The molecule has 1 atom stereocenters. The van der Waals surface area contributed by atoms with E-state index in [1.165, 1.54) is 5.56 Å². The third kappa shape index (κ3) is 6.49. The Bertz CT molecular complexity index is 1380. The van der Waals surface area contributed by atoms with E-state index in [-0.39, 0.29) is 23.0 Å². The summed E-state index contributed by atoms with van der Waals surface area (Å²) in [5.74, 6) is 3.13. The first-order valence-corrected chi connectivity index (χ1v) is 14.0. The van der Waals surface area contributed by atoms with Gasteiger partial charge in [-0.1, -0.05) is 31.0 Å². The summed E-state index contributed by atoms with van der Waals surface area (Å²) < 4.78 is 0. The molecule has 202 valence electrons. The molecule has 39 heavy (non-hydrogen) atoms. The summed E-state index contributed by atoms with van der Waals surface area (Å²) in [6.07, 6.45) is 9.48. The SMILES string of the molecule is C#Cc1ccc(C2(P)CCN(C(=O)c3cc(NC(=O)c4ccc(NC(C)C)nc4)c(CC)cc3C)CC2)cc1. The monoisotopic (exact) mass is 540 g/mol. The van der Waals surface area contributed by atoms with Crippen molar-refractivity contribution in [2.45, 2.75) is 58.2 Å². The van der Waals surface area contributed by atoms with Gasteiger partial charge in [0.25, 0.3) is 11.8 Å². The summed E-state index contributed by atoms with van der Waals surface area (Å²) in [4.78, 5) is 33.0. The Morgan fingerprint density at radius 3 is 2.38 bits per heavy atom. The van der Waals surface area contributed by atoms with Crippen LogP contribution in [0.4, 0.5) is 11.5 Å². The van der Waals surface area contributed by atoms with Gasteiger partial charge in [0, 0.05) is 47.3 Å². The van der Waals surface area contributed by atoms with E-state index in [9.17, 15) is 9.59 Å². The lowest BCUT2D eigenvalue weighted by Gasteiger charge is -2.40. The molecule has 0 bridgehead atoms. The number of rotatable bonds is 7. The number of piperidine rings is 1. The number of aryl methyl sites for hydroxylation is 2. The second kappa shape index (κ2) is 12.0. The Labute approximate surface area is 234 Å². The number of benzene rings is 2. The molecule has 2 aromatic carbocycles. The summed E-state index contributed by atoms with van der Waals surface area (Å²) in [6.45, 7) is 9.37. The molecular formula is C32H37N4O2P. The van der Waals surface area contributed by atoms with Crippen molar-refractivity contribution >= 4 is 32.6 Å². The van der Waals surface area contributed by atoms with Crippen LogP contribution in [0, 0.1) is 19.3 Å². The van der Waals surface area contributed by atoms with Gasteiger partial charge in [-0.25, -0.2) is 4.98 Å². The number of likely N-dealkylation sites (tertiary alicyclic amines) is 1. The Morgan fingerprint density at radius 2 is 1.82 bits per heavy atom. The molecule has 0 spiro atoms. The fraction of sp³-hybridized carbons (Fsp3) is 0.344. The number of nitrogens with zero attached hydrogens (tertiary/aromatic N) is 2. The predicted molar refractivity (Wildman–Crippen MR) is 162 cm³/mol. The maximum absolute atomic E-state index is 13.7. The molecule has 4 rings (SSSR count). The summed E-state index contributed by atoms with van der Waals surface area (Å²) in [6, 6.07) is 15.8. The summed E-state index contributed by atoms with van der Waals surface area (Å²) in [7, 11) is 3.01. The van der Waals surface area contributed by atoms with Crippen LogP contribution in [-0.4, -0.2) is 40.8 Å². The van der Waals surface area contributed by atoms with Crippen LogP contribution in [0.15, 0.2) is 54.7 Å². The van der Waals surface area contributed by atoms with Crippen LogP contribution in [0.3, 0.4) is 0 Å². The quantitative estimate of drug-likeness (QED) is 0.284. The highest BCUT2D eigenvalue weighted by Gasteiger charge is 2.34. The van der Waals surface area contributed by atoms with Crippen molar-refractivity contribution in [3.05, 3.63) is 88.1 Å². The average molecular weight is 541 g/mol. The van der Waals surface area contributed by atoms with Crippen LogP contribution in [0.25, 0.3) is 0 Å². The third-order valence-electron chi connectivity index (χ3n) is 7.34. The highest BCUT2D eigenvalue weighted by Crippen LogP contribution is 2.42. The second-order valence-electron chi connectivity index (χ2n) is 10.5. The zero-order chi connectivity index (χ0) is 28.2. The van der Waals surface area contributed by atoms with E-state index in [0.29, 0.717) is 29.9 Å². The number of terminal acetylenes is 1. The topological polar surface area (TPSA) is 74.3 Å². The molecule has 2 N–H and O–H groups in total. The van der Waals surface area contributed by atoms with Crippen molar-refractivity contribution in [2.24, 2.45) is 0 Å². The molecule has 1 fully saturated rings. The summed E-state index contributed by atoms with van der Waals surface area (Å²) in [5, 5.41) is 6.16. The van der Waals surface area contributed by atoms with Crippen LogP contribution in [-0.2, 0) is 11.6 Å². The highest BCUT2D eigenvalue weighted by atomic mass is 31.0. The van der Waals surface area contributed by atoms with Gasteiger partial charge in [0.05, 0.1) is 5.56 Å². The number of hydrogen-bond acceptors (Lipinski definition) is 4. The lowest BCUT2D eigenvalue weighted by atomic mass is 9.87. The Kier molecular flexibility index (Phi) is 8.73. The van der Waals surface area contributed by atoms with Gasteiger partial charge < -0.3 is 15.5 Å². The lowest BCUT2D eigenvalue weighted by molar-refractivity contribution is 0.0702. The maximum atomic E-state index is 13.7. The molecule has 0 saturated carbocycles. The third-order valence-corrected chi connectivity index (χ3v) is 8.25. The van der Waals surface area contributed by atoms with Gasteiger partial charge in [-0.2, -0.15) is 0 Å². The molecule has 0 aliphatic carbocycles. The smallest absolute Gasteiger partial charge is 0.257 e. The molecule has 3 aromatic rings. The number of aromatic nitrogens is 1. The molecule has 2 amide bonds. The van der Waals surface area contributed by atoms with Crippen molar-refractivity contribution < 1.29 is 9.59 Å². The minimum atomic E-state index is -0.253. The molecule has 1 saturated heterocycles. The largest absolute Gasteiger partial charge is 0.368 e. The normalized spacial score (nSPS) is 14.5. The van der Waals surface area contributed by atoms with Crippen LogP contribution < -0.4 is 10.6 Å². The van der Waals surface area contributed by atoms with Crippen LogP contribution >= 0.6 is 9.24 Å². The van der Waals surface area contributed by atoms with Gasteiger partial charge in [-0.15, -0.1) is 15.7 Å².